The summed E-state index contributed by atoms with van der Waals surface area (Å²) in [5.41, 5.74) is 0.799. The molecular formula is C15H15N3O. The molecule has 1 N–H and O–H groups in total. The summed E-state index contributed by atoms with van der Waals surface area (Å²) in [6.07, 6.45) is 1.62. The number of nitrogens with one attached hydrogen (secondary N) is 1. The van der Waals surface area contributed by atoms with Gasteiger partial charge in [0.05, 0.1) is 22.6 Å². The molecule has 0 fully saturated rings. The van der Waals surface area contributed by atoms with Crippen LogP contribution in [0.2, 0.25) is 0 Å². The molecule has 4 nitrogen and oxygen atoms in total. The van der Waals surface area contributed by atoms with Crippen LogP contribution >= 0.6 is 0 Å². The summed E-state index contributed by atoms with van der Waals surface area (Å²) in [5, 5.41) is 12.5. The van der Waals surface area contributed by atoms with Crippen LogP contribution in [0.5, 0.6) is 0 Å². The standard InChI is InChI=1S/C15H15N3O/c1-15(2,9-16)10-18-14(19)12-7-8-17-13-6-4-3-5-11(12)13/h3-8H,10H2,1-2H3,(H,18,19). The van der Waals surface area contributed by atoms with Crippen molar-refractivity contribution in [3.63, 3.8) is 0 Å². The number of rotatable bonds is 3. The van der Waals surface area contributed by atoms with Gasteiger partial charge in [-0.25, -0.2) is 0 Å². The van der Waals surface area contributed by atoms with E-state index in [0.717, 1.165) is 10.9 Å². The fraction of sp³-hybridized carbons (Fsp3) is 0.267. The molecule has 1 heterocycles. The number of carbonyl (C=O) groups is 1. The van der Waals surface area contributed by atoms with Crippen LogP contribution in [0.15, 0.2) is 36.5 Å². The van der Waals surface area contributed by atoms with Gasteiger partial charge >= 0.3 is 0 Å². The van der Waals surface area contributed by atoms with E-state index in [0.29, 0.717) is 12.1 Å². The third kappa shape index (κ3) is 2.89. The number of nitriles is 1. The number of nitrogens with zero attached hydrogens (tertiary/aromatic N) is 2. The molecule has 0 unspecified atom stereocenters. The molecule has 0 aliphatic rings. The van der Waals surface area contributed by atoms with Crippen molar-refractivity contribution in [3.8, 4) is 6.07 Å². The second kappa shape index (κ2) is 5.07. The van der Waals surface area contributed by atoms with E-state index in [2.05, 4.69) is 16.4 Å². The molecule has 0 aliphatic carbocycles. The number of pyridine rings is 1. The van der Waals surface area contributed by atoms with Crippen LogP contribution in [0.1, 0.15) is 24.2 Å². The Balaban J connectivity index is 2.26. The van der Waals surface area contributed by atoms with Crippen molar-refractivity contribution >= 4 is 16.8 Å². The largest absolute Gasteiger partial charge is 0.350 e. The fourth-order valence-corrected chi connectivity index (χ4v) is 1.73. The Morgan fingerprint density at radius 2 is 2.11 bits per heavy atom. The fourth-order valence-electron chi connectivity index (χ4n) is 1.73. The Labute approximate surface area is 112 Å². The third-order valence-corrected chi connectivity index (χ3v) is 2.89. The van der Waals surface area contributed by atoms with E-state index in [1.54, 1.807) is 26.1 Å². The predicted molar refractivity (Wildman–Crippen MR) is 73.5 cm³/mol. The lowest BCUT2D eigenvalue weighted by atomic mass is 9.96. The van der Waals surface area contributed by atoms with Gasteiger partial charge in [0.15, 0.2) is 0 Å². The van der Waals surface area contributed by atoms with Crippen LogP contribution in [0.25, 0.3) is 10.9 Å². The highest BCUT2D eigenvalue weighted by Crippen LogP contribution is 2.17. The van der Waals surface area contributed by atoms with E-state index < -0.39 is 5.41 Å². The molecule has 0 spiro atoms. The van der Waals surface area contributed by atoms with Gasteiger partial charge in [0.25, 0.3) is 5.91 Å². The van der Waals surface area contributed by atoms with E-state index in [1.165, 1.54) is 0 Å². The van der Waals surface area contributed by atoms with E-state index in [9.17, 15) is 4.79 Å². The van der Waals surface area contributed by atoms with Crippen LogP contribution in [0, 0.1) is 16.7 Å². The van der Waals surface area contributed by atoms with Gasteiger partial charge in [0.1, 0.15) is 0 Å². The topological polar surface area (TPSA) is 65.8 Å². The van der Waals surface area contributed by atoms with Gasteiger partial charge in [-0.15, -0.1) is 0 Å². The SMILES string of the molecule is CC(C)(C#N)CNC(=O)c1ccnc2ccccc12. The molecule has 4 heteroatoms. The normalized spacial score (nSPS) is 11.0. The van der Waals surface area contributed by atoms with Crippen LogP contribution in [-0.2, 0) is 0 Å². The quantitative estimate of drug-likeness (QED) is 0.914. The zero-order chi connectivity index (χ0) is 13.9. The van der Waals surface area contributed by atoms with E-state index in [4.69, 9.17) is 5.26 Å². The molecule has 0 radical (unpaired) electrons. The van der Waals surface area contributed by atoms with Crippen molar-refractivity contribution < 1.29 is 4.79 Å². The molecule has 2 aromatic rings. The lowest BCUT2D eigenvalue weighted by molar-refractivity contribution is 0.0945. The monoisotopic (exact) mass is 253 g/mol. The molecule has 1 aromatic heterocycles. The minimum atomic E-state index is -0.571. The van der Waals surface area contributed by atoms with Crippen molar-refractivity contribution in [1.29, 1.82) is 5.26 Å². The number of amides is 1. The Hall–Kier alpha value is -2.41. The molecule has 0 atom stereocenters. The van der Waals surface area contributed by atoms with Gasteiger partial charge in [-0.05, 0) is 26.0 Å². The maximum absolute atomic E-state index is 12.2. The predicted octanol–water partition coefficient (Wildman–Crippen LogP) is 2.51. The third-order valence-electron chi connectivity index (χ3n) is 2.89. The van der Waals surface area contributed by atoms with Crippen molar-refractivity contribution in [1.82, 2.24) is 10.3 Å². The van der Waals surface area contributed by atoms with Crippen LogP contribution < -0.4 is 5.32 Å². The summed E-state index contributed by atoms with van der Waals surface area (Å²) >= 11 is 0. The first-order valence-corrected chi connectivity index (χ1v) is 6.07. The number of carbonyl (C=O) groups excluding carboxylic acids is 1. The number of hydrogen-bond acceptors (Lipinski definition) is 3. The highest BCUT2D eigenvalue weighted by atomic mass is 16.1. The van der Waals surface area contributed by atoms with Gasteiger partial charge in [-0.3, -0.25) is 9.78 Å². The Morgan fingerprint density at radius 3 is 2.84 bits per heavy atom. The lowest BCUT2D eigenvalue weighted by Gasteiger charge is -2.16. The zero-order valence-electron chi connectivity index (χ0n) is 11.0. The minimum absolute atomic E-state index is 0.179. The average molecular weight is 253 g/mol. The van der Waals surface area contributed by atoms with Gasteiger partial charge in [-0.1, -0.05) is 18.2 Å². The van der Waals surface area contributed by atoms with Crippen LogP contribution in [0.4, 0.5) is 0 Å². The molecule has 1 aromatic carbocycles. The summed E-state index contributed by atoms with van der Waals surface area (Å²) in [7, 11) is 0. The molecular weight excluding hydrogens is 238 g/mol. The van der Waals surface area contributed by atoms with Crippen molar-refractivity contribution in [3.05, 3.63) is 42.1 Å². The smallest absolute Gasteiger partial charge is 0.252 e. The number of hydrogen-bond donors (Lipinski definition) is 1. The first-order valence-electron chi connectivity index (χ1n) is 6.07. The lowest BCUT2D eigenvalue weighted by Crippen LogP contribution is -2.33. The average Bonchev–Trinajstić information content (AvgIpc) is 2.44. The molecule has 0 bridgehead atoms. The summed E-state index contributed by atoms with van der Waals surface area (Å²) < 4.78 is 0. The summed E-state index contributed by atoms with van der Waals surface area (Å²) in [6, 6.07) is 11.3. The summed E-state index contributed by atoms with van der Waals surface area (Å²) in [4.78, 5) is 16.4. The number of benzene rings is 1. The van der Waals surface area contributed by atoms with Gasteiger partial charge in [0.2, 0.25) is 0 Å². The second-order valence-corrected chi connectivity index (χ2v) is 5.05. The van der Waals surface area contributed by atoms with Crippen LogP contribution in [-0.4, -0.2) is 17.4 Å². The van der Waals surface area contributed by atoms with Gasteiger partial charge in [-0.2, -0.15) is 5.26 Å². The maximum atomic E-state index is 12.2. The van der Waals surface area contributed by atoms with Crippen LogP contribution in [0.3, 0.4) is 0 Å². The van der Waals surface area contributed by atoms with E-state index in [-0.39, 0.29) is 5.91 Å². The Bertz CT molecular complexity index is 650. The molecule has 0 saturated heterocycles. The number of para-hydroxylation sites is 1. The molecule has 2 rings (SSSR count). The molecule has 96 valence electrons. The Kier molecular flexibility index (Phi) is 3.48. The molecule has 19 heavy (non-hydrogen) atoms. The molecule has 0 aliphatic heterocycles. The second-order valence-electron chi connectivity index (χ2n) is 5.05. The van der Waals surface area contributed by atoms with Crippen molar-refractivity contribution in [2.45, 2.75) is 13.8 Å². The van der Waals surface area contributed by atoms with Crippen molar-refractivity contribution in [2.24, 2.45) is 5.41 Å². The maximum Gasteiger partial charge on any atom is 0.252 e. The first kappa shape index (κ1) is 13.0. The van der Waals surface area contributed by atoms with E-state index >= 15 is 0 Å². The summed E-state index contributed by atoms with van der Waals surface area (Å²) in [5.74, 6) is -0.179. The Morgan fingerprint density at radius 1 is 1.37 bits per heavy atom. The molecule has 0 saturated carbocycles. The number of fused-ring (bicyclic) bond motifs is 1. The molecule has 1 amide bonds. The minimum Gasteiger partial charge on any atom is -0.350 e. The van der Waals surface area contributed by atoms with E-state index in [1.807, 2.05) is 24.3 Å². The first-order chi connectivity index (χ1) is 9.03. The van der Waals surface area contributed by atoms with Gasteiger partial charge in [0, 0.05) is 18.1 Å². The number of aromatic nitrogens is 1. The van der Waals surface area contributed by atoms with Gasteiger partial charge < -0.3 is 5.32 Å². The highest BCUT2D eigenvalue weighted by molar-refractivity contribution is 6.05. The van der Waals surface area contributed by atoms with Crippen molar-refractivity contribution in [2.75, 3.05) is 6.54 Å². The summed E-state index contributed by atoms with van der Waals surface area (Å²) in [6.45, 7) is 3.90. The highest BCUT2D eigenvalue weighted by Gasteiger charge is 2.19. The zero-order valence-corrected chi connectivity index (χ0v) is 11.0.